The largest absolute Gasteiger partial charge is 0.305 e. The maximum Gasteiger partial charge on any atom is 0.105 e. The molecule has 0 atom stereocenters. The molecular formula is C64H37N9. The van der Waals surface area contributed by atoms with E-state index in [4.69, 9.17) is 15.0 Å². The highest BCUT2D eigenvalue weighted by Gasteiger charge is 2.36. The summed E-state index contributed by atoms with van der Waals surface area (Å²) in [5, 5.41) is 20.1. The van der Waals surface area contributed by atoms with Crippen LogP contribution in [0.15, 0.2) is 225 Å². The van der Waals surface area contributed by atoms with Crippen LogP contribution >= 0.6 is 0 Å². The third kappa shape index (κ3) is 5.20. The first-order valence-corrected chi connectivity index (χ1v) is 24.4. The number of rotatable bonds is 5. The van der Waals surface area contributed by atoms with Crippen LogP contribution in [0.3, 0.4) is 0 Å². The molecule has 9 nitrogen and oxygen atoms in total. The Balaban J connectivity index is 1.31. The monoisotopic (exact) mass is 931 g/mol. The molecular weight excluding hydrogens is 895 g/mol. The second-order valence-corrected chi connectivity index (χ2v) is 18.6. The van der Waals surface area contributed by atoms with E-state index in [1.807, 2.05) is 36.8 Å². The van der Waals surface area contributed by atoms with Gasteiger partial charge in [-0.15, -0.1) is 0 Å². The molecule has 0 N–H and O–H groups in total. The molecule has 0 bridgehead atoms. The standard InChI is InChI=1S/C64H37N9/c65-38-46-60(71-51-29-12-5-22-43(51)57-54(71)32-15-35-66-57)62(69-47-25-8-1-18-39(47)40-19-2-9-26-48(40)69)64(73-53-31-14-7-24-45(53)59-56(73)34-17-37-68-59)63(70-49-27-10-3-20-41(49)42-21-4-11-28-50(42)70)61(46)72-52-30-13-6-23-44(52)58-55(72)33-16-36-67-58/h1-37H. The molecule has 0 aliphatic rings. The van der Waals surface area contributed by atoms with Crippen molar-refractivity contribution in [3.63, 3.8) is 0 Å². The molecule has 8 aromatic heterocycles. The molecule has 0 fully saturated rings. The fourth-order valence-electron chi connectivity index (χ4n) is 12.3. The van der Waals surface area contributed by atoms with Gasteiger partial charge in [0.1, 0.15) is 11.6 Å². The lowest BCUT2D eigenvalue weighted by atomic mass is 10.0. The SMILES string of the molecule is N#Cc1c(-n2c3ccccc3c3ncccc32)c(-n2c3ccccc3c3ccccc32)c(-n2c3ccccc3c3ncccc32)c(-n2c3ccccc3c3ccccc32)c1-n1c2ccccc2c2ncccc21. The van der Waals surface area contributed by atoms with E-state index in [0.717, 1.165) is 126 Å². The van der Waals surface area contributed by atoms with Crippen molar-refractivity contribution in [1.82, 2.24) is 37.8 Å². The van der Waals surface area contributed by atoms with E-state index in [9.17, 15) is 5.26 Å². The average molecular weight is 932 g/mol. The summed E-state index contributed by atoms with van der Waals surface area (Å²) in [6.45, 7) is 0. The fraction of sp³-hybridized carbons (Fsp3) is 0. The molecule has 0 radical (unpaired) electrons. The van der Waals surface area contributed by atoms with Crippen molar-refractivity contribution in [3.05, 3.63) is 230 Å². The van der Waals surface area contributed by atoms with E-state index in [-0.39, 0.29) is 0 Å². The molecule has 16 aromatic rings. The minimum atomic E-state index is 0.467. The molecule has 0 saturated heterocycles. The number of nitrogens with zero attached hydrogens (tertiary/aromatic N) is 9. The Morgan fingerprint density at radius 1 is 0.247 bits per heavy atom. The van der Waals surface area contributed by atoms with Crippen molar-refractivity contribution in [3.8, 4) is 34.5 Å². The number of benzene rings is 8. The number of hydrogen-bond acceptors (Lipinski definition) is 4. The van der Waals surface area contributed by atoms with Gasteiger partial charge in [0.05, 0.1) is 100 Å². The summed E-state index contributed by atoms with van der Waals surface area (Å²) in [5.74, 6) is 0. The number of fused-ring (bicyclic) bond motifs is 15. The van der Waals surface area contributed by atoms with E-state index in [2.05, 4.69) is 217 Å². The molecule has 0 unspecified atom stereocenters. The third-order valence-electron chi connectivity index (χ3n) is 15.0. The lowest BCUT2D eigenvalue weighted by Gasteiger charge is -2.30. The zero-order valence-corrected chi connectivity index (χ0v) is 38.9. The number of para-hydroxylation sites is 7. The summed E-state index contributed by atoms with van der Waals surface area (Å²) < 4.78 is 11.9. The van der Waals surface area contributed by atoms with Gasteiger partial charge in [-0.1, -0.05) is 127 Å². The summed E-state index contributed by atoms with van der Waals surface area (Å²) in [5.41, 5.74) is 16.3. The Hall–Kier alpha value is -10.3. The minimum absolute atomic E-state index is 0.467. The van der Waals surface area contributed by atoms with Gasteiger partial charge in [-0.05, 0) is 78.9 Å². The van der Waals surface area contributed by atoms with Gasteiger partial charge in [0.15, 0.2) is 0 Å². The molecule has 0 amide bonds. The minimum Gasteiger partial charge on any atom is -0.305 e. The second-order valence-electron chi connectivity index (χ2n) is 18.6. The second kappa shape index (κ2) is 14.9. The van der Waals surface area contributed by atoms with Crippen molar-refractivity contribution in [1.29, 1.82) is 5.26 Å². The smallest absolute Gasteiger partial charge is 0.105 e. The van der Waals surface area contributed by atoms with E-state index in [0.29, 0.717) is 16.9 Å². The van der Waals surface area contributed by atoms with E-state index in [1.165, 1.54) is 0 Å². The number of aromatic nitrogens is 8. The Bertz CT molecular complexity index is 4550. The Kier molecular flexibility index (Phi) is 8.05. The summed E-state index contributed by atoms with van der Waals surface area (Å²) in [4.78, 5) is 15.4. The average Bonchev–Trinajstić information content (AvgIpc) is 4.25. The van der Waals surface area contributed by atoms with Crippen LogP contribution in [0.2, 0.25) is 0 Å². The van der Waals surface area contributed by atoms with Crippen molar-refractivity contribution in [2.75, 3.05) is 0 Å². The molecule has 0 spiro atoms. The summed E-state index contributed by atoms with van der Waals surface area (Å²) >= 11 is 0. The molecule has 0 saturated carbocycles. The highest BCUT2D eigenvalue weighted by Crippen LogP contribution is 2.51. The van der Waals surface area contributed by atoms with Crippen molar-refractivity contribution in [2.24, 2.45) is 0 Å². The van der Waals surface area contributed by atoms with Gasteiger partial charge in [-0.3, -0.25) is 15.0 Å². The van der Waals surface area contributed by atoms with Crippen LogP contribution in [0.5, 0.6) is 0 Å². The first-order valence-electron chi connectivity index (χ1n) is 24.4. The molecule has 73 heavy (non-hydrogen) atoms. The fourth-order valence-corrected chi connectivity index (χ4v) is 12.3. The van der Waals surface area contributed by atoms with E-state index >= 15 is 0 Å². The van der Waals surface area contributed by atoms with Crippen LogP contribution in [0.1, 0.15) is 5.56 Å². The van der Waals surface area contributed by atoms with E-state index < -0.39 is 0 Å². The number of pyridine rings is 3. The Morgan fingerprint density at radius 2 is 0.466 bits per heavy atom. The van der Waals surface area contributed by atoms with Crippen LogP contribution in [0.4, 0.5) is 0 Å². The van der Waals surface area contributed by atoms with Crippen molar-refractivity contribution >= 4 is 109 Å². The molecule has 338 valence electrons. The highest BCUT2D eigenvalue weighted by molar-refractivity contribution is 6.17. The van der Waals surface area contributed by atoms with Gasteiger partial charge < -0.3 is 22.8 Å². The lowest BCUT2D eigenvalue weighted by molar-refractivity contribution is 0.991. The molecule has 0 aliphatic carbocycles. The van der Waals surface area contributed by atoms with Crippen LogP contribution < -0.4 is 0 Å². The Morgan fingerprint density at radius 3 is 0.767 bits per heavy atom. The van der Waals surface area contributed by atoms with E-state index in [1.54, 1.807) is 0 Å². The van der Waals surface area contributed by atoms with Gasteiger partial charge in [0.2, 0.25) is 0 Å². The molecule has 8 heterocycles. The predicted molar refractivity (Wildman–Crippen MR) is 296 cm³/mol. The van der Waals surface area contributed by atoms with Crippen LogP contribution in [-0.2, 0) is 0 Å². The Labute approximate surface area is 415 Å². The molecule has 16 rings (SSSR count). The molecule has 8 aromatic carbocycles. The zero-order chi connectivity index (χ0) is 47.9. The maximum atomic E-state index is 12.8. The normalized spacial score (nSPS) is 12.1. The molecule has 9 heteroatoms. The van der Waals surface area contributed by atoms with Crippen molar-refractivity contribution in [2.45, 2.75) is 0 Å². The van der Waals surface area contributed by atoms with Crippen LogP contribution in [0.25, 0.3) is 138 Å². The molecule has 0 aliphatic heterocycles. The first kappa shape index (κ1) is 39.5. The first-order chi connectivity index (χ1) is 36.3. The quantitative estimate of drug-likeness (QED) is 0.172. The van der Waals surface area contributed by atoms with Crippen LogP contribution in [-0.4, -0.2) is 37.8 Å². The summed E-state index contributed by atoms with van der Waals surface area (Å²) in [7, 11) is 0. The maximum absolute atomic E-state index is 12.8. The van der Waals surface area contributed by atoms with Gasteiger partial charge >= 0.3 is 0 Å². The van der Waals surface area contributed by atoms with Gasteiger partial charge in [0, 0.05) is 56.3 Å². The zero-order valence-electron chi connectivity index (χ0n) is 38.9. The van der Waals surface area contributed by atoms with Crippen LogP contribution in [0, 0.1) is 11.3 Å². The van der Waals surface area contributed by atoms with Gasteiger partial charge in [-0.2, -0.15) is 5.26 Å². The third-order valence-corrected chi connectivity index (χ3v) is 15.0. The van der Waals surface area contributed by atoms with Crippen molar-refractivity contribution < 1.29 is 0 Å². The number of hydrogen-bond donors (Lipinski definition) is 0. The predicted octanol–water partition coefficient (Wildman–Crippen LogP) is 15.2. The van der Waals surface area contributed by atoms with Gasteiger partial charge in [-0.25, -0.2) is 0 Å². The highest BCUT2D eigenvalue weighted by atomic mass is 15.2. The number of nitriles is 1. The van der Waals surface area contributed by atoms with Gasteiger partial charge in [0.25, 0.3) is 0 Å². The summed E-state index contributed by atoms with van der Waals surface area (Å²) in [6.07, 6.45) is 5.60. The summed E-state index contributed by atoms with van der Waals surface area (Å²) in [6, 6.07) is 75.5. The topological polar surface area (TPSA) is 87.1 Å². The lowest BCUT2D eigenvalue weighted by Crippen LogP contribution is -2.18.